The van der Waals surface area contributed by atoms with E-state index in [0.29, 0.717) is 0 Å². The highest BCUT2D eigenvalue weighted by Gasteiger charge is 2.38. The fourth-order valence-electron chi connectivity index (χ4n) is 4.26. The monoisotopic (exact) mass is 509 g/mol. The lowest BCUT2D eigenvalue weighted by molar-refractivity contribution is 0.101. The van der Waals surface area contributed by atoms with Gasteiger partial charge in [0.2, 0.25) is 11.7 Å². The highest BCUT2D eigenvalue weighted by Crippen LogP contribution is 2.41. The van der Waals surface area contributed by atoms with E-state index in [1.165, 1.54) is 19.4 Å². The molecule has 2 aromatic heterocycles. The van der Waals surface area contributed by atoms with Crippen LogP contribution < -0.4 is 16.2 Å². The Kier molecular flexibility index (Phi) is 8.39. The Hall–Kier alpha value is -4.53. The van der Waals surface area contributed by atoms with Gasteiger partial charge in [0.05, 0.1) is 18.2 Å². The first-order valence-corrected chi connectivity index (χ1v) is 11.5. The van der Waals surface area contributed by atoms with E-state index in [1.807, 2.05) is 13.8 Å². The van der Waals surface area contributed by atoms with Gasteiger partial charge in [0.1, 0.15) is 17.8 Å². The summed E-state index contributed by atoms with van der Waals surface area (Å²) < 4.78 is 20.5. The first-order valence-electron chi connectivity index (χ1n) is 11.5. The Bertz CT molecular complexity index is 1350. The maximum Gasteiger partial charge on any atom is 0.296 e. The number of aromatic hydroxyl groups is 1. The number of hydrogen-bond donors (Lipinski definition) is 4. The number of aromatic nitrogens is 3. The molecule has 2 aromatic rings. The van der Waals surface area contributed by atoms with E-state index in [2.05, 4.69) is 31.4 Å². The summed E-state index contributed by atoms with van der Waals surface area (Å²) in [5.74, 6) is -5.76. The number of carbonyl (C=O) groups excluding carboxylic acids is 1. The zero-order valence-electron chi connectivity index (χ0n) is 20.8. The van der Waals surface area contributed by atoms with Gasteiger partial charge in [-0.15, -0.1) is 0 Å². The van der Waals surface area contributed by atoms with Gasteiger partial charge in [-0.05, 0) is 13.8 Å². The lowest BCUT2D eigenvalue weighted by Crippen LogP contribution is -2.35. The molecule has 0 saturated carbocycles. The van der Waals surface area contributed by atoms with E-state index in [-0.39, 0.29) is 23.1 Å². The van der Waals surface area contributed by atoms with E-state index in [0.717, 1.165) is 10.8 Å². The summed E-state index contributed by atoms with van der Waals surface area (Å²) >= 11 is 0. The molecule has 1 amide bonds. The van der Waals surface area contributed by atoms with Gasteiger partial charge in [0.25, 0.3) is 11.5 Å². The Labute approximate surface area is 212 Å². The van der Waals surface area contributed by atoms with Crippen molar-refractivity contribution in [3.8, 4) is 11.8 Å². The normalized spacial score (nSPS) is 18.8. The van der Waals surface area contributed by atoms with Gasteiger partial charge in [-0.25, -0.2) is 4.98 Å². The predicted octanol–water partition coefficient (Wildman–Crippen LogP) is 3.16. The third kappa shape index (κ3) is 5.83. The molecule has 2 heterocycles. The minimum atomic E-state index is -1.21. The minimum Gasteiger partial charge on any atom is -0.501 e. The molecule has 11 nitrogen and oxygen atoms in total. The van der Waals surface area contributed by atoms with Crippen LogP contribution in [0.3, 0.4) is 0 Å². The molecule has 37 heavy (non-hydrogen) atoms. The summed E-state index contributed by atoms with van der Waals surface area (Å²) in [7, 11) is 1.37. The molecule has 0 aromatic carbocycles. The van der Waals surface area contributed by atoms with Gasteiger partial charge < -0.3 is 20.3 Å². The summed E-state index contributed by atoms with van der Waals surface area (Å²) in [6.45, 7) is 5.36. The van der Waals surface area contributed by atoms with Crippen LogP contribution in [0.15, 0.2) is 57.9 Å². The molecule has 1 aliphatic rings. The molecule has 1 aliphatic carbocycles. The third-order valence-electron chi connectivity index (χ3n) is 6.08. The Morgan fingerprint density at radius 2 is 2.05 bits per heavy atom. The topological polar surface area (TPSA) is 170 Å². The van der Waals surface area contributed by atoms with E-state index < -0.39 is 52.5 Å². The van der Waals surface area contributed by atoms with E-state index in [9.17, 15) is 24.3 Å². The first kappa shape index (κ1) is 27.1. The molecule has 0 aliphatic heterocycles. The number of nitriles is 1. The van der Waals surface area contributed by atoms with Crippen LogP contribution in [0.5, 0.6) is 5.75 Å². The van der Waals surface area contributed by atoms with Crippen molar-refractivity contribution in [2.75, 3.05) is 5.32 Å². The van der Waals surface area contributed by atoms with Crippen molar-refractivity contribution >= 4 is 17.6 Å². The van der Waals surface area contributed by atoms with Gasteiger partial charge in [-0.2, -0.15) is 9.65 Å². The lowest BCUT2D eigenvalue weighted by Gasteiger charge is -2.34. The maximum absolute atomic E-state index is 14.7. The van der Waals surface area contributed by atoms with Gasteiger partial charge in [-0.1, -0.05) is 36.4 Å². The third-order valence-corrected chi connectivity index (χ3v) is 6.08. The van der Waals surface area contributed by atoms with Crippen LogP contribution in [0.25, 0.3) is 0 Å². The van der Waals surface area contributed by atoms with Gasteiger partial charge in [-0.3, -0.25) is 19.6 Å². The number of rotatable bonds is 9. The molecular formula is C25H28FN7O4. The fraction of sp³-hybridized carbons (Fsp3) is 0.360. The first-order chi connectivity index (χ1) is 17.6. The van der Waals surface area contributed by atoms with Crippen LogP contribution >= 0.6 is 0 Å². The molecule has 0 spiro atoms. The fourth-order valence-corrected chi connectivity index (χ4v) is 4.26. The molecule has 194 valence electrons. The number of halogens is 1. The number of allylic oxidation sites excluding steroid dienone is 5. The molecule has 4 unspecified atom stereocenters. The number of carbonyl (C=O) groups is 1. The number of amides is 1. The highest BCUT2D eigenvalue weighted by atomic mass is 19.1. The lowest BCUT2D eigenvalue weighted by atomic mass is 9.70. The Morgan fingerprint density at radius 3 is 2.65 bits per heavy atom. The second-order valence-electron chi connectivity index (χ2n) is 8.95. The van der Waals surface area contributed by atoms with Crippen LogP contribution in [0.1, 0.15) is 43.0 Å². The largest absolute Gasteiger partial charge is 0.501 e. The van der Waals surface area contributed by atoms with Crippen LogP contribution in [0.2, 0.25) is 0 Å². The average molecular weight is 510 g/mol. The number of nitrogens with one attached hydrogen (secondary N) is 3. The maximum atomic E-state index is 14.7. The van der Waals surface area contributed by atoms with Crippen molar-refractivity contribution in [3.63, 3.8) is 0 Å². The zero-order valence-corrected chi connectivity index (χ0v) is 20.8. The van der Waals surface area contributed by atoms with E-state index >= 15 is 0 Å². The second-order valence-corrected chi connectivity index (χ2v) is 8.95. The summed E-state index contributed by atoms with van der Waals surface area (Å²) in [5.41, 5.74) is -1.26. The average Bonchev–Trinajstić information content (AvgIpc) is 3.37. The van der Waals surface area contributed by atoms with Crippen molar-refractivity contribution in [2.45, 2.75) is 32.7 Å². The molecule has 0 bridgehead atoms. The summed E-state index contributed by atoms with van der Waals surface area (Å²) in [6, 6.07) is 2.14. The van der Waals surface area contributed by atoms with Crippen molar-refractivity contribution in [1.29, 1.82) is 10.7 Å². The SMILES string of the molecule is CC(C)N/C=C(\C(=N)F)C(C(C)c1nc(C(=O)Nc2cnoc2)c(O)c(=O)n1C)C1C=CC=CC1C#N. The number of anilines is 1. The van der Waals surface area contributed by atoms with Crippen molar-refractivity contribution < 1.29 is 18.8 Å². The minimum absolute atomic E-state index is 0.0239. The molecule has 0 saturated heterocycles. The van der Waals surface area contributed by atoms with Crippen molar-refractivity contribution in [1.82, 2.24) is 20.0 Å². The zero-order chi connectivity index (χ0) is 27.3. The van der Waals surface area contributed by atoms with E-state index in [4.69, 9.17) is 5.41 Å². The number of hydrogen-bond acceptors (Lipinski definition) is 9. The predicted molar refractivity (Wildman–Crippen MR) is 134 cm³/mol. The summed E-state index contributed by atoms with van der Waals surface area (Å²) in [6.07, 6.45) is 10.7. The standard InChI is InChI=1S/C25H28FN7O4/c1-13(2)29-11-18(22(26)28)19(17-8-6-5-7-15(17)9-27)14(3)23-32-20(21(34)25(36)33(23)4)24(35)31-16-10-30-37-12-16/h5-8,10-15,17,19,28-29,34H,1-4H3,(H,31,35)/b18-11-,28-22?. The summed E-state index contributed by atoms with van der Waals surface area (Å²) in [4.78, 5) is 30.0. The Balaban J connectivity index is 2.17. The molecular weight excluding hydrogens is 481 g/mol. The van der Waals surface area contributed by atoms with Crippen LogP contribution in [-0.4, -0.2) is 37.7 Å². The molecule has 4 N–H and O–H groups in total. The van der Waals surface area contributed by atoms with Crippen LogP contribution in [0.4, 0.5) is 10.1 Å². The highest BCUT2D eigenvalue weighted by molar-refractivity contribution is 6.04. The van der Waals surface area contributed by atoms with Crippen LogP contribution in [0, 0.1) is 34.5 Å². The van der Waals surface area contributed by atoms with Crippen molar-refractivity contribution in [3.05, 3.63) is 70.4 Å². The van der Waals surface area contributed by atoms with Crippen LogP contribution in [-0.2, 0) is 7.05 Å². The summed E-state index contributed by atoms with van der Waals surface area (Å²) in [5, 5.41) is 37.0. The second kappa shape index (κ2) is 11.5. The van der Waals surface area contributed by atoms with Gasteiger partial charge >= 0.3 is 0 Å². The Morgan fingerprint density at radius 1 is 1.35 bits per heavy atom. The quantitative estimate of drug-likeness (QED) is 0.374. The molecule has 0 fully saturated rings. The molecule has 12 heteroatoms. The number of nitrogens with zero attached hydrogens (tertiary/aromatic N) is 4. The van der Waals surface area contributed by atoms with Gasteiger partial charge in [0.15, 0.2) is 5.69 Å². The smallest absolute Gasteiger partial charge is 0.296 e. The van der Waals surface area contributed by atoms with E-state index in [1.54, 1.807) is 31.2 Å². The van der Waals surface area contributed by atoms with Gasteiger partial charge in [0, 0.05) is 42.6 Å². The molecule has 4 atom stereocenters. The van der Waals surface area contributed by atoms with Crippen molar-refractivity contribution in [2.24, 2.45) is 24.8 Å². The molecule has 0 radical (unpaired) electrons. The molecule has 3 rings (SSSR count).